The molecule has 2 rings (SSSR count). The van der Waals surface area contributed by atoms with Crippen molar-refractivity contribution in [2.75, 3.05) is 6.54 Å². The lowest BCUT2D eigenvalue weighted by Crippen LogP contribution is -2.53. The van der Waals surface area contributed by atoms with Crippen LogP contribution in [0.5, 0.6) is 5.75 Å². The number of hydrogen-bond donors (Lipinski definition) is 3. The second kappa shape index (κ2) is 10.2. The fourth-order valence-corrected chi connectivity index (χ4v) is 3.57. The number of benzene rings is 2. The summed E-state index contributed by atoms with van der Waals surface area (Å²) < 4.78 is 13.1. The van der Waals surface area contributed by atoms with E-state index in [9.17, 15) is 19.1 Å². The highest BCUT2D eigenvalue weighted by Crippen LogP contribution is 2.22. The van der Waals surface area contributed by atoms with E-state index in [1.165, 1.54) is 17.0 Å². The van der Waals surface area contributed by atoms with Gasteiger partial charge in [-0.05, 0) is 86.6 Å². The summed E-state index contributed by atoms with van der Waals surface area (Å²) in [6.07, 6.45) is 1.50. The largest absolute Gasteiger partial charge is 0.508 e. The van der Waals surface area contributed by atoms with Gasteiger partial charge in [0.2, 0.25) is 11.8 Å². The molecule has 162 valence electrons. The Morgan fingerprint density at radius 2 is 1.70 bits per heavy atom. The average molecular weight is 416 g/mol. The summed E-state index contributed by atoms with van der Waals surface area (Å²) in [5.41, 5.74) is 15.2. The summed E-state index contributed by atoms with van der Waals surface area (Å²) in [5, 5.41) is 9.71. The normalized spacial score (nSPS) is 13.0. The van der Waals surface area contributed by atoms with E-state index in [1.807, 2.05) is 13.8 Å². The second-order valence-corrected chi connectivity index (χ2v) is 7.71. The van der Waals surface area contributed by atoms with Gasteiger partial charge >= 0.3 is 0 Å². The third-order valence-electron chi connectivity index (χ3n) is 5.36. The predicted octanol–water partition coefficient (Wildman–Crippen LogP) is 2.35. The van der Waals surface area contributed by atoms with Crippen LogP contribution in [0.2, 0.25) is 0 Å². The van der Waals surface area contributed by atoms with Crippen molar-refractivity contribution in [3.8, 4) is 5.75 Å². The highest BCUT2D eigenvalue weighted by Gasteiger charge is 2.28. The number of amides is 2. The molecule has 5 N–H and O–H groups in total. The molecule has 0 unspecified atom stereocenters. The fraction of sp³-hybridized carbons (Fsp3) is 0.391. The van der Waals surface area contributed by atoms with Crippen LogP contribution in [0.1, 0.15) is 35.6 Å². The molecule has 0 spiro atoms. The molecule has 0 saturated carbocycles. The van der Waals surface area contributed by atoms with Crippen molar-refractivity contribution in [3.63, 3.8) is 0 Å². The van der Waals surface area contributed by atoms with Gasteiger partial charge in [-0.1, -0.05) is 12.1 Å². The molecule has 6 nitrogen and oxygen atoms in total. The number of nitrogens with two attached hydrogens (primary N) is 2. The molecule has 2 atom stereocenters. The van der Waals surface area contributed by atoms with Gasteiger partial charge in [-0.2, -0.15) is 0 Å². The van der Waals surface area contributed by atoms with E-state index in [0.29, 0.717) is 19.4 Å². The van der Waals surface area contributed by atoms with Crippen LogP contribution >= 0.6 is 0 Å². The van der Waals surface area contributed by atoms with Gasteiger partial charge in [0, 0.05) is 6.54 Å². The van der Waals surface area contributed by atoms with Gasteiger partial charge < -0.3 is 21.5 Å². The molecule has 0 saturated heterocycles. The lowest BCUT2D eigenvalue weighted by atomic mass is 9.95. The van der Waals surface area contributed by atoms with Gasteiger partial charge in [0.25, 0.3) is 0 Å². The van der Waals surface area contributed by atoms with Crippen LogP contribution in [0.4, 0.5) is 4.39 Å². The molecular formula is C23H30FN3O3. The van der Waals surface area contributed by atoms with Gasteiger partial charge in [-0.25, -0.2) is 4.39 Å². The molecule has 2 amide bonds. The Morgan fingerprint density at radius 1 is 1.13 bits per heavy atom. The quantitative estimate of drug-likeness (QED) is 0.584. The smallest absolute Gasteiger partial charge is 0.240 e. The molecule has 0 aliphatic heterocycles. The van der Waals surface area contributed by atoms with Crippen LogP contribution in [-0.4, -0.2) is 40.4 Å². The van der Waals surface area contributed by atoms with Crippen LogP contribution in [0.3, 0.4) is 0 Å². The lowest BCUT2D eigenvalue weighted by Gasteiger charge is -2.30. The average Bonchev–Trinajstić information content (AvgIpc) is 2.68. The SMILES string of the molecule is Cc1cc(O)cc(C)c1C[C@@H](N)C(=O)N(CCCc1ccc(F)cc1)[C@H](C)C(N)=O. The predicted molar refractivity (Wildman–Crippen MR) is 114 cm³/mol. The van der Waals surface area contributed by atoms with Crippen LogP contribution < -0.4 is 11.5 Å². The maximum Gasteiger partial charge on any atom is 0.240 e. The van der Waals surface area contributed by atoms with Crippen molar-refractivity contribution in [1.29, 1.82) is 0 Å². The third kappa shape index (κ3) is 6.03. The maximum absolute atomic E-state index is 13.1. The first-order chi connectivity index (χ1) is 14.1. The van der Waals surface area contributed by atoms with Crippen molar-refractivity contribution < 1.29 is 19.1 Å². The first-order valence-electron chi connectivity index (χ1n) is 9.99. The zero-order chi connectivity index (χ0) is 22.4. The van der Waals surface area contributed by atoms with Gasteiger partial charge in [0.15, 0.2) is 0 Å². The number of carbonyl (C=O) groups excluding carboxylic acids is 2. The first-order valence-corrected chi connectivity index (χ1v) is 9.99. The molecule has 0 bridgehead atoms. The third-order valence-corrected chi connectivity index (χ3v) is 5.36. The summed E-state index contributed by atoms with van der Waals surface area (Å²) >= 11 is 0. The summed E-state index contributed by atoms with van der Waals surface area (Å²) in [6, 6.07) is 7.80. The Kier molecular flexibility index (Phi) is 7.94. The second-order valence-electron chi connectivity index (χ2n) is 7.71. The number of halogens is 1. The minimum atomic E-state index is -0.848. The Labute approximate surface area is 176 Å². The molecule has 2 aromatic rings. The van der Waals surface area contributed by atoms with Crippen molar-refractivity contribution in [3.05, 3.63) is 64.5 Å². The molecule has 30 heavy (non-hydrogen) atoms. The number of primary amides is 1. The Bertz CT molecular complexity index is 876. The molecule has 0 aliphatic rings. The van der Waals surface area contributed by atoms with Gasteiger partial charge in [0.1, 0.15) is 17.6 Å². The number of aromatic hydroxyl groups is 1. The highest BCUT2D eigenvalue weighted by atomic mass is 19.1. The molecule has 0 heterocycles. The van der Waals surface area contributed by atoms with Crippen LogP contribution in [-0.2, 0) is 22.4 Å². The summed E-state index contributed by atoms with van der Waals surface area (Å²) in [4.78, 5) is 26.2. The molecule has 0 aliphatic carbocycles. The van der Waals surface area contributed by atoms with E-state index in [-0.39, 0.29) is 23.9 Å². The van der Waals surface area contributed by atoms with E-state index >= 15 is 0 Å². The molecule has 0 fully saturated rings. The number of phenolic OH excluding ortho intramolecular Hbond substituents is 1. The summed E-state index contributed by atoms with van der Waals surface area (Å²) in [6.45, 7) is 5.60. The van der Waals surface area contributed by atoms with Crippen molar-refractivity contribution >= 4 is 11.8 Å². The minimum absolute atomic E-state index is 0.165. The van der Waals surface area contributed by atoms with Crippen LogP contribution in [0.25, 0.3) is 0 Å². The lowest BCUT2D eigenvalue weighted by molar-refractivity contribution is -0.139. The van der Waals surface area contributed by atoms with Gasteiger partial charge in [-0.15, -0.1) is 0 Å². The molecule has 7 heteroatoms. The summed E-state index contributed by atoms with van der Waals surface area (Å²) in [5.74, 6) is -1.09. The van der Waals surface area contributed by atoms with Crippen LogP contribution in [0.15, 0.2) is 36.4 Å². The summed E-state index contributed by atoms with van der Waals surface area (Å²) in [7, 11) is 0. The fourth-order valence-electron chi connectivity index (χ4n) is 3.57. The Balaban J connectivity index is 2.10. The van der Waals surface area contributed by atoms with Gasteiger partial charge in [-0.3, -0.25) is 9.59 Å². The van der Waals surface area contributed by atoms with Crippen molar-refractivity contribution in [1.82, 2.24) is 4.90 Å². The monoisotopic (exact) mass is 415 g/mol. The number of carbonyl (C=O) groups is 2. The molecule has 2 aromatic carbocycles. The number of phenols is 1. The molecular weight excluding hydrogens is 385 g/mol. The Hall–Kier alpha value is -2.93. The number of aryl methyl sites for hydroxylation is 3. The van der Waals surface area contributed by atoms with Gasteiger partial charge in [0.05, 0.1) is 6.04 Å². The molecule has 0 aromatic heterocycles. The maximum atomic E-state index is 13.1. The zero-order valence-electron chi connectivity index (χ0n) is 17.7. The zero-order valence-corrected chi connectivity index (χ0v) is 17.7. The first kappa shape index (κ1) is 23.3. The van der Waals surface area contributed by atoms with E-state index in [1.54, 1.807) is 31.2 Å². The standard InChI is InChI=1S/C23H30FN3O3/c1-14-11-19(28)12-15(2)20(14)13-21(25)23(30)27(16(3)22(26)29)10-4-5-17-6-8-18(24)9-7-17/h6-9,11-12,16,21,28H,4-5,10,13,25H2,1-3H3,(H2,26,29)/t16-,21-/m1/s1. The van der Waals surface area contributed by atoms with E-state index < -0.39 is 18.0 Å². The number of rotatable bonds is 9. The minimum Gasteiger partial charge on any atom is -0.508 e. The van der Waals surface area contributed by atoms with Crippen LogP contribution in [0, 0.1) is 19.7 Å². The van der Waals surface area contributed by atoms with E-state index in [2.05, 4.69) is 0 Å². The number of nitrogens with zero attached hydrogens (tertiary/aromatic N) is 1. The molecule has 0 radical (unpaired) electrons. The van der Waals surface area contributed by atoms with Crippen molar-refractivity contribution in [2.45, 2.75) is 52.1 Å². The topological polar surface area (TPSA) is 110 Å². The highest BCUT2D eigenvalue weighted by molar-refractivity contribution is 5.89. The van der Waals surface area contributed by atoms with E-state index in [0.717, 1.165) is 22.3 Å². The van der Waals surface area contributed by atoms with E-state index in [4.69, 9.17) is 11.5 Å². The Morgan fingerprint density at radius 3 is 2.23 bits per heavy atom. The number of hydrogen-bond acceptors (Lipinski definition) is 4. The van der Waals surface area contributed by atoms with Crippen molar-refractivity contribution in [2.24, 2.45) is 11.5 Å².